The maximum absolute atomic E-state index is 5.18. The molecule has 1 heteroatoms. The number of rotatable bonds is 3. The molecule has 1 aliphatic carbocycles. The van der Waals surface area contributed by atoms with Crippen LogP contribution < -0.4 is 10.6 Å². The lowest BCUT2D eigenvalue weighted by Crippen LogP contribution is -2.30. The van der Waals surface area contributed by atoms with E-state index in [9.17, 15) is 0 Å². The number of hydrogen-bond acceptors (Lipinski definition) is 1. The summed E-state index contributed by atoms with van der Waals surface area (Å²) in [5, 5.41) is 10.0. The zero-order valence-corrected chi connectivity index (χ0v) is 25.7. The Labute approximate surface area is 273 Å². The fourth-order valence-corrected chi connectivity index (χ4v) is 7.98. The molecule has 8 aromatic rings. The molecule has 1 aliphatic heterocycles. The van der Waals surface area contributed by atoms with Crippen LogP contribution in [0.4, 0.5) is 5.69 Å². The van der Waals surface area contributed by atoms with Crippen LogP contribution in [0.5, 0.6) is 0 Å². The average molecular weight is 596 g/mol. The number of fused-ring (bicyclic) bond motifs is 10. The molecule has 0 bridgehead atoms. The third-order valence-corrected chi connectivity index (χ3v) is 10.1. The Morgan fingerprint density at radius 3 is 1.57 bits per heavy atom. The minimum atomic E-state index is 0.162. The van der Waals surface area contributed by atoms with Crippen LogP contribution >= 0.6 is 0 Å². The third kappa shape index (κ3) is 3.93. The zero-order chi connectivity index (χ0) is 30.9. The Hall–Kier alpha value is -6.05. The summed E-state index contributed by atoms with van der Waals surface area (Å²) in [6.07, 6.45) is 7.08. The summed E-state index contributed by atoms with van der Waals surface area (Å²) in [4.78, 5) is 5.18. The van der Waals surface area contributed by atoms with Gasteiger partial charge in [0.2, 0.25) is 0 Å². The van der Waals surface area contributed by atoms with Gasteiger partial charge in [-0.1, -0.05) is 164 Å². The quantitative estimate of drug-likeness (QED) is 0.180. The van der Waals surface area contributed by atoms with Gasteiger partial charge in [0, 0.05) is 22.3 Å². The van der Waals surface area contributed by atoms with Crippen molar-refractivity contribution in [3.05, 3.63) is 179 Å². The first-order valence-electron chi connectivity index (χ1n) is 16.4. The number of allylic oxidation sites excluding steroid dienone is 1. The molecule has 0 saturated heterocycles. The van der Waals surface area contributed by atoms with Gasteiger partial charge in [0.25, 0.3) is 0 Å². The van der Waals surface area contributed by atoms with Crippen molar-refractivity contribution in [2.24, 2.45) is 4.99 Å². The second-order valence-corrected chi connectivity index (χ2v) is 12.6. The fraction of sp³-hybridized carbons (Fsp3) is 0.0217. The minimum Gasteiger partial charge on any atom is -0.247 e. The van der Waals surface area contributed by atoms with E-state index in [-0.39, 0.29) is 5.92 Å². The molecule has 218 valence electrons. The summed E-state index contributed by atoms with van der Waals surface area (Å²) in [5.41, 5.74) is 11.2. The minimum absolute atomic E-state index is 0.162. The zero-order valence-electron chi connectivity index (χ0n) is 25.7. The van der Waals surface area contributed by atoms with Crippen LogP contribution in [-0.4, -0.2) is 0 Å². The van der Waals surface area contributed by atoms with Crippen molar-refractivity contribution in [1.82, 2.24) is 0 Å². The van der Waals surface area contributed by atoms with Crippen LogP contribution in [0.25, 0.3) is 77.9 Å². The van der Waals surface area contributed by atoms with Crippen LogP contribution in [0, 0.1) is 0 Å². The van der Waals surface area contributed by atoms with Crippen molar-refractivity contribution in [3.8, 4) is 33.4 Å². The first-order valence-corrected chi connectivity index (χ1v) is 16.4. The lowest BCUT2D eigenvalue weighted by atomic mass is 9.84. The highest BCUT2D eigenvalue weighted by molar-refractivity contribution is 6.21. The summed E-state index contributed by atoms with van der Waals surface area (Å²) in [5.74, 6) is 0.162. The summed E-state index contributed by atoms with van der Waals surface area (Å²) in [6, 6.07) is 55.1. The van der Waals surface area contributed by atoms with E-state index in [1.54, 1.807) is 0 Å². The molecule has 2 aliphatic rings. The van der Waals surface area contributed by atoms with Crippen molar-refractivity contribution in [3.63, 3.8) is 0 Å². The highest BCUT2D eigenvalue weighted by atomic mass is 14.8. The molecule has 0 aromatic heterocycles. The second kappa shape index (κ2) is 10.2. The van der Waals surface area contributed by atoms with E-state index in [2.05, 4.69) is 170 Å². The first kappa shape index (κ1) is 26.2. The summed E-state index contributed by atoms with van der Waals surface area (Å²) >= 11 is 0. The van der Waals surface area contributed by atoms with E-state index < -0.39 is 0 Å². The molecular weight excluding hydrogens is 567 g/mol. The Morgan fingerprint density at radius 1 is 0.426 bits per heavy atom. The van der Waals surface area contributed by atoms with E-state index in [1.807, 2.05) is 0 Å². The van der Waals surface area contributed by atoms with Gasteiger partial charge in [-0.2, -0.15) is 0 Å². The molecule has 0 radical (unpaired) electrons. The van der Waals surface area contributed by atoms with E-state index in [4.69, 9.17) is 4.99 Å². The molecule has 1 heterocycles. The van der Waals surface area contributed by atoms with E-state index in [1.165, 1.54) is 82.0 Å². The average Bonchev–Trinajstić information content (AvgIpc) is 3.54. The molecule has 0 saturated carbocycles. The maximum Gasteiger partial charge on any atom is 0.0798 e. The SMILES string of the molecule is C1=CC(c2ccc(-c3c4ccccc4c(-c4ccccc4)c4ccccc34)cc2)C=c2c1c1ccccc1c1c2=Nc2ccccc2-1. The number of nitrogens with zero attached hydrogens (tertiary/aromatic N) is 1. The molecule has 10 rings (SSSR count). The highest BCUT2D eigenvalue weighted by Crippen LogP contribution is 2.44. The van der Waals surface area contributed by atoms with E-state index in [0.717, 1.165) is 11.0 Å². The number of hydrogen-bond donors (Lipinski definition) is 0. The monoisotopic (exact) mass is 595 g/mol. The fourth-order valence-electron chi connectivity index (χ4n) is 7.98. The van der Waals surface area contributed by atoms with Crippen molar-refractivity contribution >= 4 is 50.2 Å². The topological polar surface area (TPSA) is 12.4 Å². The van der Waals surface area contributed by atoms with Crippen molar-refractivity contribution in [2.45, 2.75) is 5.92 Å². The molecule has 47 heavy (non-hydrogen) atoms. The Bertz CT molecular complexity index is 2660. The molecule has 8 aromatic carbocycles. The van der Waals surface area contributed by atoms with Crippen LogP contribution in [-0.2, 0) is 0 Å². The van der Waals surface area contributed by atoms with E-state index in [0.29, 0.717) is 0 Å². The first-order chi connectivity index (χ1) is 23.3. The van der Waals surface area contributed by atoms with Crippen LogP contribution in [0.2, 0.25) is 0 Å². The smallest absolute Gasteiger partial charge is 0.0798 e. The predicted molar refractivity (Wildman–Crippen MR) is 198 cm³/mol. The number of benzene rings is 8. The van der Waals surface area contributed by atoms with E-state index >= 15 is 0 Å². The highest BCUT2D eigenvalue weighted by Gasteiger charge is 2.22. The van der Waals surface area contributed by atoms with Gasteiger partial charge in [-0.3, -0.25) is 0 Å². The summed E-state index contributed by atoms with van der Waals surface area (Å²) in [6.45, 7) is 0. The molecule has 0 amide bonds. The molecule has 0 N–H and O–H groups in total. The Balaban J connectivity index is 1.14. The van der Waals surface area contributed by atoms with Gasteiger partial charge in [-0.25, -0.2) is 4.99 Å². The van der Waals surface area contributed by atoms with Gasteiger partial charge in [0.1, 0.15) is 0 Å². The van der Waals surface area contributed by atoms with Gasteiger partial charge in [-0.15, -0.1) is 0 Å². The lowest BCUT2D eigenvalue weighted by molar-refractivity contribution is 1.13. The molecule has 0 spiro atoms. The van der Waals surface area contributed by atoms with Gasteiger partial charge in [-0.05, 0) is 71.8 Å². The number of para-hydroxylation sites is 1. The molecule has 0 fully saturated rings. The van der Waals surface area contributed by atoms with Gasteiger partial charge in [0.05, 0.1) is 11.0 Å². The Kier molecular flexibility index (Phi) is 5.70. The van der Waals surface area contributed by atoms with Gasteiger partial charge >= 0.3 is 0 Å². The summed E-state index contributed by atoms with van der Waals surface area (Å²) in [7, 11) is 0. The van der Waals surface area contributed by atoms with Gasteiger partial charge < -0.3 is 0 Å². The molecule has 1 nitrogen and oxygen atoms in total. The second-order valence-electron chi connectivity index (χ2n) is 12.6. The lowest BCUT2D eigenvalue weighted by Gasteiger charge is -2.19. The predicted octanol–water partition coefficient (Wildman–Crippen LogP) is 11.0. The molecule has 1 atom stereocenters. The van der Waals surface area contributed by atoms with Crippen LogP contribution in [0.1, 0.15) is 17.0 Å². The van der Waals surface area contributed by atoms with Crippen molar-refractivity contribution in [2.75, 3.05) is 0 Å². The van der Waals surface area contributed by atoms with Crippen LogP contribution in [0.15, 0.2) is 163 Å². The van der Waals surface area contributed by atoms with Crippen molar-refractivity contribution in [1.29, 1.82) is 0 Å². The Morgan fingerprint density at radius 2 is 0.936 bits per heavy atom. The molecule has 1 unspecified atom stereocenters. The standard InChI is InChI=1S/C46H29N/c1-2-12-30(13-3-1)43-36-16-6-8-18-38(36)44(39-19-9-7-17-37(39)43)31-24-22-29(23-25-31)32-26-27-34-33-14-4-5-15-35(33)45-40-20-10-11-21-42(40)47-46(45)41(34)28-32/h1-28,32H. The normalized spacial score (nSPS) is 14.4. The molecular formula is C46H29N. The van der Waals surface area contributed by atoms with Crippen LogP contribution in [0.3, 0.4) is 0 Å². The van der Waals surface area contributed by atoms with Crippen molar-refractivity contribution < 1.29 is 0 Å². The summed E-state index contributed by atoms with van der Waals surface area (Å²) < 4.78 is 0. The van der Waals surface area contributed by atoms with Gasteiger partial charge in [0.15, 0.2) is 0 Å². The third-order valence-electron chi connectivity index (χ3n) is 10.1. The maximum atomic E-state index is 5.18. The largest absolute Gasteiger partial charge is 0.247 e.